The third-order valence-corrected chi connectivity index (χ3v) is 8.94. The molecule has 0 aromatic heterocycles. The Bertz CT molecular complexity index is 939. The number of benzene rings is 4. The lowest BCUT2D eigenvalue weighted by atomic mass is 10.2. The van der Waals surface area contributed by atoms with Gasteiger partial charge in [-0.3, -0.25) is 0 Å². The zero-order valence-corrected chi connectivity index (χ0v) is 17.4. The van der Waals surface area contributed by atoms with Crippen LogP contribution in [0.15, 0.2) is 115 Å². The molecule has 0 aliphatic rings. The summed E-state index contributed by atoms with van der Waals surface area (Å²) in [5.41, 5.74) is 1.21. The molecule has 4 rings (SSSR count). The second-order valence-electron chi connectivity index (χ2n) is 6.86. The quantitative estimate of drug-likeness (QED) is 0.456. The summed E-state index contributed by atoms with van der Waals surface area (Å²) in [4.78, 5) is 0. The molecule has 0 unspecified atom stereocenters. The van der Waals surface area contributed by atoms with Crippen molar-refractivity contribution in [1.82, 2.24) is 5.09 Å². The Morgan fingerprint density at radius 2 is 1.10 bits per heavy atom. The number of hydrogen-bond donors (Lipinski definition) is 1. The second-order valence-corrected chi connectivity index (χ2v) is 10.1. The first-order valence-corrected chi connectivity index (χ1v) is 11.6. The Hall–Kier alpha value is -2.93. The highest BCUT2D eigenvalue weighted by atomic mass is 31.2. The van der Waals surface area contributed by atoms with Gasteiger partial charge in [-0.25, -0.2) is 0 Å². The van der Waals surface area contributed by atoms with Crippen molar-refractivity contribution in [3.63, 3.8) is 0 Å². The molecule has 0 atom stereocenters. The van der Waals surface area contributed by atoms with Crippen LogP contribution in [0.3, 0.4) is 0 Å². The minimum Gasteiger partial charge on any atom is -0.497 e. The SMILES string of the molecule is COc1cccc(CN[P+](c2ccccc2)(c2ccccc2)c2ccccc2)c1. The molecule has 0 saturated heterocycles. The van der Waals surface area contributed by atoms with Gasteiger partial charge in [0.1, 0.15) is 21.7 Å². The highest BCUT2D eigenvalue weighted by Gasteiger charge is 2.45. The normalized spacial score (nSPS) is 11.2. The van der Waals surface area contributed by atoms with Gasteiger partial charge < -0.3 is 4.74 Å². The molecule has 0 heterocycles. The molecule has 4 aromatic carbocycles. The fraction of sp³-hybridized carbons (Fsp3) is 0.0769. The molecule has 2 nitrogen and oxygen atoms in total. The van der Waals surface area contributed by atoms with Crippen molar-refractivity contribution >= 4 is 23.3 Å². The van der Waals surface area contributed by atoms with Crippen LogP contribution in [0.25, 0.3) is 0 Å². The van der Waals surface area contributed by atoms with Gasteiger partial charge in [0.25, 0.3) is 0 Å². The zero-order chi connectivity index (χ0) is 19.9. The number of ether oxygens (including phenoxy) is 1. The summed E-state index contributed by atoms with van der Waals surface area (Å²) >= 11 is 0. The standard InChI is InChI=1S/C26H25NOP/c1-28-23-13-11-12-22(20-23)21-27-29(24-14-5-2-6-15-24,25-16-7-3-8-17-25)26-18-9-4-10-19-26/h2-20,27H,21H2,1H3/q+1. The van der Waals surface area contributed by atoms with Crippen molar-refractivity contribution in [2.75, 3.05) is 7.11 Å². The first-order chi connectivity index (χ1) is 14.3. The molecule has 0 aliphatic carbocycles. The molecule has 4 aromatic rings. The van der Waals surface area contributed by atoms with Gasteiger partial charge in [0.05, 0.1) is 13.7 Å². The van der Waals surface area contributed by atoms with E-state index < -0.39 is 7.41 Å². The van der Waals surface area contributed by atoms with Crippen molar-refractivity contribution in [3.05, 3.63) is 121 Å². The highest BCUT2D eigenvalue weighted by molar-refractivity contribution is 7.94. The van der Waals surface area contributed by atoms with E-state index in [4.69, 9.17) is 4.74 Å². The summed E-state index contributed by atoms with van der Waals surface area (Å²) < 4.78 is 5.42. The van der Waals surface area contributed by atoms with Gasteiger partial charge in [0.2, 0.25) is 0 Å². The van der Waals surface area contributed by atoms with E-state index in [-0.39, 0.29) is 0 Å². The Morgan fingerprint density at radius 3 is 1.55 bits per heavy atom. The van der Waals surface area contributed by atoms with Crippen molar-refractivity contribution in [1.29, 1.82) is 0 Å². The first kappa shape index (κ1) is 19.4. The Balaban J connectivity index is 1.85. The van der Waals surface area contributed by atoms with Crippen molar-refractivity contribution in [2.24, 2.45) is 0 Å². The predicted octanol–water partition coefficient (Wildman–Crippen LogP) is 4.69. The third-order valence-electron chi connectivity index (χ3n) is 5.08. The van der Waals surface area contributed by atoms with Gasteiger partial charge in [-0.2, -0.15) is 5.09 Å². The number of methoxy groups -OCH3 is 1. The molecule has 0 amide bonds. The molecule has 144 valence electrons. The van der Waals surface area contributed by atoms with E-state index in [1.165, 1.54) is 21.5 Å². The molecule has 0 fully saturated rings. The van der Waals surface area contributed by atoms with Crippen LogP contribution in [-0.4, -0.2) is 7.11 Å². The lowest BCUT2D eigenvalue weighted by Gasteiger charge is -2.28. The molecular formula is C26H25NOP+. The molecule has 0 saturated carbocycles. The van der Waals surface area contributed by atoms with Crippen LogP contribution >= 0.6 is 7.41 Å². The molecule has 0 spiro atoms. The minimum atomic E-state index is -2.03. The number of nitrogens with one attached hydrogen (secondary N) is 1. The van der Waals surface area contributed by atoms with E-state index in [2.05, 4.69) is 108 Å². The summed E-state index contributed by atoms with van der Waals surface area (Å²) in [7, 11) is -0.323. The summed E-state index contributed by atoms with van der Waals surface area (Å²) in [6.45, 7) is 0.754. The van der Waals surface area contributed by atoms with Gasteiger partial charge in [0, 0.05) is 0 Å². The van der Waals surface area contributed by atoms with E-state index >= 15 is 0 Å². The summed E-state index contributed by atoms with van der Waals surface area (Å²) in [5, 5.41) is 7.96. The fourth-order valence-corrected chi connectivity index (χ4v) is 7.39. The third kappa shape index (κ3) is 4.10. The average Bonchev–Trinajstić information content (AvgIpc) is 2.82. The van der Waals surface area contributed by atoms with Crippen LogP contribution < -0.4 is 25.7 Å². The zero-order valence-electron chi connectivity index (χ0n) is 16.5. The Kier molecular flexibility index (Phi) is 6.05. The van der Waals surface area contributed by atoms with E-state index in [0.29, 0.717) is 0 Å². The summed E-state index contributed by atoms with van der Waals surface area (Å²) in [6, 6.07) is 40.7. The van der Waals surface area contributed by atoms with Crippen LogP contribution in [0, 0.1) is 0 Å². The smallest absolute Gasteiger partial charge is 0.178 e. The highest BCUT2D eigenvalue weighted by Crippen LogP contribution is 2.51. The van der Waals surface area contributed by atoms with Crippen molar-refractivity contribution in [3.8, 4) is 5.75 Å². The molecule has 0 radical (unpaired) electrons. The molecule has 3 heteroatoms. The van der Waals surface area contributed by atoms with Gasteiger partial charge >= 0.3 is 0 Å². The van der Waals surface area contributed by atoms with Crippen molar-refractivity contribution in [2.45, 2.75) is 6.54 Å². The van der Waals surface area contributed by atoms with Crippen LogP contribution in [0.4, 0.5) is 0 Å². The molecule has 29 heavy (non-hydrogen) atoms. The summed E-state index contributed by atoms with van der Waals surface area (Å²) in [6.07, 6.45) is 0. The molecule has 1 N–H and O–H groups in total. The fourth-order valence-electron chi connectivity index (χ4n) is 3.67. The average molecular weight is 398 g/mol. The van der Waals surface area contributed by atoms with Gasteiger partial charge in [-0.1, -0.05) is 66.7 Å². The maximum absolute atomic E-state index is 5.42. The van der Waals surface area contributed by atoms with Gasteiger partial charge in [-0.05, 0) is 54.1 Å². The second kappa shape index (κ2) is 9.05. The molecule has 0 bridgehead atoms. The van der Waals surface area contributed by atoms with E-state index in [1.54, 1.807) is 7.11 Å². The first-order valence-electron chi connectivity index (χ1n) is 9.77. The van der Waals surface area contributed by atoms with Crippen LogP contribution in [0.5, 0.6) is 5.75 Å². The van der Waals surface area contributed by atoms with Crippen LogP contribution in [0.2, 0.25) is 0 Å². The number of hydrogen-bond acceptors (Lipinski definition) is 2. The Labute approximate surface area is 173 Å². The van der Waals surface area contributed by atoms with E-state index in [0.717, 1.165) is 12.3 Å². The van der Waals surface area contributed by atoms with E-state index in [1.807, 2.05) is 12.1 Å². The number of rotatable bonds is 7. The Morgan fingerprint density at radius 1 is 0.621 bits per heavy atom. The van der Waals surface area contributed by atoms with Gasteiger partial charge in [0.15, 0.2) is 7.41 Å². The molecule has 0 aliphatic heterocycles. The van der Waals surface area contributed by atoms with Crippen molar-refractivity contribution < 1.29 is 4.74 Å². The largest absolute Gasteiger partial charge is 0.497 e. The predicted molar refractivity (Wildman–Crippen MR) is 125 cm³/mol. The maximum atomic E-state index is 5.42. The van der Waals surface area contributed by atoms with Crippen LogP contribution in [0.1, 0.15) is 5.56 Å². The maximum Gasteiger partial charge on any atom is 0.178 e. The lowest BCUT2D eigenvalue weighted by Crippen LogP contribution is -2.40. The van der Waals surface area contributed by atoms with Gasteiger partial charge in [-0.15, -0.1) is 0 Å². The van der Waals surface area contributed by atoms with E-state index in [9.17, 15) is 0 Å². The monoisotopic (exact) mass is 398 g/mol. The minimum absolute atomic E-state index is 0.754. The summed E-state index contributed by atoms with van der Waals surface area (Å²) in [5.74, 6) is 0.882. The topological polar surface area (TPSA) is 21.3 Å². The van der Waals surface area contributed by atoms with Crippen LogP contribution in [-0.2, 0) is 6.54 Å². The molecular weight excluding hydrogens is 373 g/mol. The lowest BCUT2D eigenvalue weighted by molar-refractivity contribution is 0.414.